The molecule has 0 amide bonds. The van der Waals surface area contributed by atoms with E-state index in [2.05, 4.69) is 125 Å². The molecule has 4 aromatic carbocycles. The van der Waals surface area contributed by atoms with Crippen molar-refractivity contribution in [3.8, 4) is 0 Å². The summed E-state index contributed by atoms with van der Waals surface area (Å²) in [6.07, 6.45) is 0. The van der Waals surface area contributed by atoms with Gasteiger partial charge in [-0.2, -0.15) is 0 Å². The molecule has 0 bridgehead atoms. The van der Waals surface area contributed by atoms with Crippen molar-refractivity contribution in [2.45, 2.75) is 34.6 Å². The highest BCUT2D eigenvalue weighted by Gasteiger charge is 2.51. The number of hydrogen-bond donors (Lipinski definition) is 0. The van der Waals surface area contributed by atoms with Crippen LogP contribution in [0.3, 0.4) is 0 Å². The van der Waals surface area contributed by atoms with E-state index < -0.39 is 13.2 Å². The molecule has 0 aliphatic rings. The van der Waals surface area contributed by atoms with Gasteiger partial charge < -0.3 is 9.90 Å². The molecule has 0 N–H and O–H groups in total. The van der Waals surface area contributed by atoms with Gasteiger partial charge >= 0.3 is 0 Å². The summed E-state index contributed by atoms with van der Waals surface area (Å²) >= 11 is 0. The maximum atomic E-state index is 8.89. The molecule has 0 radical (unpaired) electrons. The Kier molecular flexibility index (Phi) is 7.84. The predicted octanol–water partition coefficient (Wildman–Crippen LogP) is 4.30. The van der Waals surface area contributed by atoms with Gasteiger partial charge in [0.2, 0.25) is 0 Å². The molecule has 4 aromatic rings. The molecule has 0 spiro atoms. The Morgan fingerprint density at radius 3 is 0.879 bits per heavy atom. The van der Waals surface area contributed by atoms with Gasteiger partial charge in [-0.25, -0.2) is 0 Å². The first-order chi connectivity index (χ1) is 15.8. The lowest BCUT2D eigenvalue weighted by Gasteiger charge is -2.31. The average molecular weight is 455 g/mol. The average Bonchev–Trinajstić information content (AvgIpc) is 2.78. The minimum atomic E-state index is -2.06. The van der Waals surface area contributed by atoms with E-state index in [1.807, 2.05) is 0 Å². The van der Waals surface area contributed by atoms with Crippen LogP contribution in [0.25, 0.3) is 0 Å². The molecule has 33 heavy (non-hydrogen) atoms. The lowest BCUT2D eigenvalue weighted by atomic mass is 10.2. The van der Waals surface area contributed by atoms with Crippen LogP contribution >= 0.6 is 7.26 Å². The van der Waals surface area contributed by atoms with Crippen LogP contribution in [0.2, 0.25) is 0 Å². The van der Waals surface area contributed by atoms with Crippen molar-refractivity contribution in [1.29, 1.82) is 0 Å². The Bertz CT molecular complexity index is 1070. The Morgan fingerprint density at radius 1 is 0.515 bits per heavy atom. The molecule has 0 aliphatic carbocycles. The van der Waals surface area contributed by atoms with E-state index in [0.717, 1.165) is 6.92 Å². The zero-order valence-corrected chi connectivity index (χ0v) is 20.9. The van der Waals surface area contributed by atoms with Crippen molar-refractivity contribution in [2.75, 3.05) is 0 Å². The lowest BCUT2D eigenvalue weighted by molar-refractivity contribution is -0.302. The number of hydrogen-bond acceptors (Lipinski definition) is 2. The molecule has 3 heteroatoms. The molecular formula is C30H31O2P. The third kappa shape index (κ3) is 4.92. The van der Waals surface area contributed by atoms with E-state index in [1.165, 1.54) is 43.5 Å². The van der Waals surface area contributed by atoms with Gasteiger partial charge in [0.15, 0.2) is 0 Å². The van der Waals surface area contributed by atoms with Crippen LogP contribution in [0.5, 0.6) is 0 Å². The second-order valence-electron chi connectivity index (χ2n) is 8.31. The topological polar surface area (TPSA) is 40.1 Å². The van der Waals surface area contributed by atoms with Gasteiger partial charge in [0.05, 0.1) is 0 Å². The van der Waals surface area contributed by atoms with Gasteiger partial charge in [0.25, 0.3) is 0 Å². The molecule has 0 heterocycles. The third-order valence-corrected chi connectivity index (χ3v) is 10.8. The molecule has 2 nitrogen and oxygen atoms in total. The molecule has 0 saturated heterocycles. The molecule has 0 fully saturated rings. The maximum absolute atomic E-state index is 8.89. The second-order valence-corrected chi connectivity index (χ2v) is 11.6. The van der Waals surface area contributed by atoms with Crippen LogP contribution in [0, 0.1) is 27.7 Å². The normalized spacial score (nSPS) is 10.8. The number of benzene rings is 4. The van der Waals surface area contributed by atoms with Crippen LogP contribution in [0.1, 0.15) is 29.2 Å². The van der Waals surface area contributed by atoms with Crippen LogP contribution in [-0.2, 0) is 4.79 Å². The Hall–Kier alpha value is -3.22. The summed E-state index contributed by atoms with van der Waals surface area (Å²) in [5.41, 5.74) is 5.43. The van der Waals surface area contributed by atoms with Gasteiger partial charge in [-0.1, -0.05) is 72.8 Å². The van der Waals surface area contributed by atoms with E-state index in [-0.39, 0.29) is 0 Å². The van der Waals surface area contributed by atoms with Gasteiger partial charge in [-0.05, 0) is 81.1 Å². The zero-order chi connectivity index (χ0) is 24.0. The highest BCUT2D eigenvalue weighted by atomic mass is 31.2. The molecular weight excluding hydrogens is 423 g/mol. The molecule has 0 aliphatic heterocycles. The van der Waals surface area contributed by atoms with Crippen LogP contribution < -0.4 is 26.3 Å². The van der Waals surface area contributed by atoms with Gasteiger partial charge in [0.1, 0.15) is 28.5 Å². The van der Waals surface area contributed by atoms with Gasteiger partial charge in [-0.3, -0.25) is 0 Å². The number of aliphatic carboxylic acids is 1. The zero-order valence-electron chi connectivity index (χ0n) is 20.0. The summed E-state index contributed by atoms with van der Waals surface area (Å²) in [7, 11) is -2.06. The second kappa shape index (κ2) is 10.6. The fraction of sp³-hybridized carbons (Fsp3) is 0.167. The first kappa shape index (κ1) is 24.4. The number of rotatable bonds is 4. The number of carboxylic acids is 1. The fourth-order valence-electron chi connectivity index (χ4n) is 4.54. The van der Waals surface area contributed by atoms with Crippen molar-refractivity contribution >= 4 is 34.4 Å². The molecule has 0 atom stereocenters. The Labute approximate surface area is 198 Å². The van der Waals surface area contributed by atoms with E-state index >= 15 is 0 Å². The van der Waals surface area contributed by atoms with Crippen LogP contribution in [-0.4, -0.2) is 5.97 Å². The molecule has 0 unspecified atom stereocenters. The van der Waals surface area contributed by atoms with Gasteiger partial charge in [-0.15, -0.1) is 0 Å². The summed E-state index contributed by atoms with van der Waals surface area (Å²) < 4.78 is 0. The van der Waals surface area contributed by atoms with E-state index in [0.29, 0.717) is 0 Å². The molecule has 0 saturated carbocycles. The minimum Gasteiger partial charge on any atom is -0.550 e. The monoisotopic (exact) mass is 454 g/mol. The molecule has 168 valence electrons. The Morgan fingerprint density at radius 2 is 0.697 bits per heavy atom. The summed E-state index contributed by atoms with van der Waals surface area (Å²) in [6.45, 7) is 10.0. The van der Waals surface area contributed by atoms with Crippen LogP contribution in [0.15, 0.2) is 97.1 Å². The molecule has 0 aromatic heterocycles. The van der Waals surface area contributed by atoms with E-state index in [4.69, 9.17) is 9.90 Å². The fourth-order valence-corrected chi connectivity index (χ4v) is 9.75. The number of carbonyl (C=O) groups excluding carboxylic acids is 1. The van der Waals surface area contributed by atoms with Crippen LogP contribution in [0.4, 0.5) is 0 Å². The van der Waals surface area contributed by atoms with Crippen molar-refractivity contribution in [2.24, 2.45) is 0 Å². The van der Waals surface area contributed by atoms with Crippen molar-refractivity contribution < 1.29 is 9.90 Å². The van der Waals surface area contributed by atoms with Crippen molar-refractivity contribution in [3.63, 3.8) is 0 Å². The molecule has 4 rings (SSSR count). The standard InChI is InChI=1S/C28H28P.C2H4O2/c1-21-13-5-9-17-25(21)29(26-18-10-6-14-22(26)2,27-19-11-7-15-23(27)3)28-20-12-8-16-24(28)4;1-2(3)4/h5-20H,1-4H3;1H3,(H,3,4)/q+1;/p-1. The first-order valence-corrected chi connectivity index (χ1v) is 12.9. The highest BCUT2D eigenvalue weighted by molar-refractivity contribution is 8.01. The summed E-state index contributed by atoms with van der Waals surface area (Å²) in [4.78, 5) is 8.89. The van der Waals surface area contributed by atoms with Crippen molar-refractivity contribution in [3.05, 3.63) is 119 Å². The summed E-state index contributed by atoms with van der Waals surface area (Å²) in [5, 5.41) is 14.7. The highest BCUT2D eigenvalue weighted by Crippen LogP contribution is 2.56. The number of carboxylic acid groups (broad SMARTS) is 1. The first-order valence-electron chi connectivity index (χ1n) is 11.1. The van der Waals surface area contributed by atoms with Gasteiger partial charge in [0, 0.05) is 5.97 Å². The summed E-state index contributed by atoms with van der Waals surface area (Å²) in [6, 6.07) is 35.9. The maximum Gasteiger partial charge on any atom is 0.145 e. The van der Waals surface area contributed by atoms with Crippen molar-refractivity contribution in [1.82, 2.24) is 0 Å². The summed E-state index contributed by atoms with van der Waals surface area (Å²) in [5.74, 6) is -1.08. The SMILES string of the molecule is CC(=O)[O-].Cc1ccccc1[P+](c1ccccc1C)(c1ccccc1C)c1ccccc1C. The lowest BCUT2D eigenvalue weighted by Crippen LogP contribution is -2.42. The van der Waals surface area contributed by atoms with E-state index in [1.54, 1.807) is 0 Å². The third-order valence-electron chi connectivity index (χ3n) is 5.91. The predicted molar refractivity (Wildman–Crippen MR) is 141 cm³/mol. The smallest absolute Gasteiger partial charge is 0.145 e. The number of carbonyl (C=O) groups is 1. The largest absolute Gasteiger partial charge is 0.550 e. The quantitative estimate of drug-likeness (QED) is 0.432. The minimum absolute atomic E-state index is 0.972. The van der Waals surface area contributed by atoms with E-state index in [9.17, 15) is 0 Å². The number of aryl methyl sites for hydroxylation is 4. The Balaban J connectivity index is 0.000000709.